The van der Waals surface area contributed by atoms with Crippen molar-refractivity contribution in [3.05, 3.63) is 63.5 Å². The van der Waals surface area contributed by atoms with E-state index in [4.69, 9.17) is 16.0 Å². The lowest BCUT2D eigenvalue weighted by molar-refractivity contribution is -0.116. The highest BCUT2D eigenvalue weighted by Gasteiger charge is 2.13. The molecular weight excluding hydrogens is 388 g/mol. The highest BCUT2D eigenvalue weighted by molar-refractivity contribution is 7.14. The number of rotatable bonds is 5. The van der Waals surface area contributed by atoms with Crippen molar-refractivity contribution in [3.63, 3.8) is 0 Å². The summed E-state index contributed by atoms with van der Waals surface area (Å²) in [6, 6.07) is 10.5. The van der Waals surface area contributed by atoms with Crippen LogP contribution in [-0.4, -0.2) is 20.4 Å². The third kappa shape index (κ3) is 3.76. The zero-order valence-corrected chi connectivity index (χ0v) is 15.5. The van der Waals surface area contributed by atoms with Crippen LogP contribution in [0.3, 0.4) is 0 Å². The van der Waals surface area contributed by atoms with Crippen molar-refractivity contribution in [3.8, 4) is 11.4 Å². The maximum Gasteiger partial charge on any atom is 0.419 e. The Bertz CT molecular complexity index is 1170. The number of hydrogen-bond acceptors (Lipinski definition) is 6. The summed E-state index contributed by atoms with van der Waals surface area (Å²) < 4.78 is 6.57. The van der Waals surface area contributed by atoms with Crippen molar-refractivity contribution in [1.82, 2.24) is 14.5 Å². The Labute approximate surface area is 162 Å². The van der Waals surface area contributed by atoms with Crippen molar-refractivity contribution in [2.75, 3.05) is 5.32 Å². The second-order valence-corrected chi connectivity index (χ2v) is 6.98. The van der Waals surface area contributed by atoms with Crippen molar-refractivity contribution in [2.24, 2.45) is 0 Å². The minimum atomic E-state index is -0.522. The Hall–Kier alpha value is -2.97. The predicted molar refractivity (Wildman–Crippen MR) is 104 cm³/mol. The minimum Gasteiger partial charge on any atom is -0.408 e. The van der Waals surface area contributed by atoms with E-state index in [1.54, 1.807) is 24.4 Å². The molecule has 1 amide bonds. The van der Waals surface area contributed by atoms with Gasteiger partial charge in [0.15, 0.2) is 10.7 Å². The van der Waals surface area contributed by atoms with Crippen LogP contribution in [0, 0.1) is 0 Å². The Morgan fingerprint density at radius 3 is 2.96 bits per heavy atom. The van der Waals surface area contributed by atoms with E-state index >= 15 is 0 Å². The van der Waals surface area contributed by atoms with E-state index in [0.717, 1.165) is 5.69 Å². The van der Waals surface area contributed by atoms with Gasteiger partial charge in [-0.1, -0.05) is 17.7 Å². The average molecular weight is 401 g/mol. The Morgan fingerprint density at radius 2 is 2.15 bits per heavy atom. The Kier molecular flexibility index (Phi) is 4.74. The van der Waals surface area contributed by atoms with Crippen LogP contribution in [-0.2, 0) is 11.3 Å². The molecule has 0 radical (unpaired) electrons. The first-order chi connectivity index (χ1) is 13.1. The molecule has 0 fully saturated rings. The minimum absolute atomic E-state index is 0.107. The molecule has 0 saturated carbocycles. The van der Waals surface area contributed by atoms with Crippen molar-refractivity contribution in [1.29, 1.82) is 0 Å². The number of fused-ring (bicyclic) bond motifs is 1. The third-order valence-electron chi connectivity index (χ3n) is 3.87. The summed E-state index contributed by atoms with van der Waals surface area (Å²) in [4.78, 5) is 32.8. The predicted octanol–water partition coefficient (Wildman–Crippen LogP) is 3.80. The number of carbonyl (C=O) groups is 1. The number of aryl methyl sites for hydroxylation is 1. The van der Waals surface area contributed by atoms with E-state index in [0.29, 0.717) is 26.9 Å². The molecule has 0 spiro atoms. The van der Waals surface area contributed by atoms with Gasteiger partial charge in [0.25, 0.3) is 0 Å². The van der Waals surface area contributed by atoms with E-state index in [-0.39, 0.29) is 18.9 Å². The van der Waals surface area contributed by atoms with Crippen molar-refractivity contribution < 1.29 is 9.21 Å². The summed E-state index contributed by atoms with van der Waals surface area (Å²) >= 11 is 7.22. The number of oxazole rings is 1. The molecule has 9 heteroatoms. The number of carbonyl (C=O) groups excluding carboxylic acids is 1. The fourth-order valence-corrected chi connectivity index (χ4v) is 3.49. The zero-order chi connectivity index (χ0) is 18.8. The Balaban J connectivity index is 1.43. The molecular formula is C18H13ClN4O3S. The number of nitrogens with zero attached hydrogens (tertiary/aromatic N) is 3. The van der Waals surface area contributed by atoms with Crippen LogP contribution in [0.4, 0.5) is 5.13 Å². The molecule has 0 aliphatic heterocycles. The summed E-state index contributed by atoms with van der Waals surface area (Å²) in [5.41, 5.74) is 2.44. The molecule has 4 aromatic rings. The maximum atomic E-state index is 12.2. The lowest BCUT2D eigenvalue weighted by Crippen LogP contribution is -2.19. The molecule has 4 rings (SSSR count). The SMILES string of the molecule is O=C(CCn1c(=O)oc2cc(Cl)ccc21)Nc1nc(-c2ccccn2)cs1. The first-order valence-electron chi connectivity index (χ1n) is 8.06. The molecule has 27 heavy (non-hydrogen) atoms. The van der Waals surface area contributed by atoms with Crippen LogP contribution < -0.4 is 11.1 Å². The summed E-state index contributed by atoms with van der Waals surface area (Å²) in [5, 5.41) is 5.54. The normalized spacial score (nSPS) is 11.0. The van der Waals surface area contributed by atoms with Gasteiger partial charge in [0.1, 0.15) is 5.69 Å². The van der Waals surface area contributed by atoms with Crippen LogP contribution in [0.25, 0.3) is 22.5 Å². The first kappa shape index (κ1) is 17.4. The number of benzene rings is 1. The van der Waals surface area contributed by atoms with E-state index in [9.17, 15) is 9.59 Å². The number of thiazole rings is 1. The number of anilines is 1. The molecule has 136 valence electrons. The number of aromatic nitrogens is 3. The van der Waals surface area contributed by atoms with Gasteiger partial charge >= 0.3 is 5.76 Å². The molecule has 1 N–H and O–H groups in total. The maximum absolute atomic E-state index is 12.2. The molecule has 3 aromatic heterocycles. The molecule has 0 unspecified atom stereocenters. The standard InChI is InChI=1S/C18H13ClN4O3S/c19-11-4-5-14-15(9-11)26-18(25)23(14)8-6-16(24)22-17-21-13(10-27-17)12-3-1-2-7-20-12/h1-5,7,9-10H,6,8H2,(H,21,22,24). The van der Waals surface area contributed by atoms with E-state index < -0.39 is 5.76 Å². The lowest BCUT2D eigenvalue weighted by Gasteiger charge is -2.03. The zero-order valence-electron chi connectivity index (χ0n) is 13.9. The molecule has 3 heterocycles. The van der Waals surface area contributed by atoms with E-state index in [2.05, 4.69) is 15.3 Å². The second-order valence-electron chi connectivity index (χ2n) is 5.68. The summed E-state index contributed by atoms with van der Waals surface area (Å²) in [5.74, 6) is -0.765. The number of amides is 1. The average Bonchev–Trinajstić information content (AvgIpc) is 3.24. The van der Waals surface area contributed by atoms with E-state index in [1.165, 1.54) is 15.9 Å². The van der Waals surface area contributed by atoms with Crippen molar-refractivity contribution >= 4 is 45.1 Å². The molecule has 0 saturated heterocycles. The van der Waals surface area contributed by atoms with Gasteiger partial charge < -0.3 is 9.73 Å². The first-order valence-corrected chi connectivity index (χ1v) is 9.31. The quantitative estimate of drug-likeness (QED) is 0.550. The highest BCUT2D eigenvalue weighted by atomic mass is 35.5. The Morgan fingerprint density at radius 1 is 1.26 bits per heavy atom. The molecule has 1 aromatic carbocycles. The van der Waals surface area contributed by atoms with Crippen LogP contribution in [0.2, 0.25) is 5.02 Å². The largest absolute Gasteiger partial charge is 0.419 e. The van der Waals surface area contributed by atoms with Crippen LogP contribution in [0.15, 0.2) is 57.2 Å². The van der Waals surface area contributed by atoms with Crippen LogP contribution in [0.1, 0.15) is 6.42 Å². The van der Waals surface area contributed by atoms with Gasteiger partial charge in [0.05, 0.1) is 11.2 Å². The van der Waals surface area contributed by atoms with Gasteiger partial charge in [0.2, 0.25) is 5.91 Å². The van der Waals surface area contributed by atoms with Gasteiger partial charge in [-0.25, -0.2) is 9.78 Å². The fraction of sp³-hybridized carbons (Fsp3) is 0.111. The number of hydrogen-bond donors (Lipinski definition) is 1. The van der Waals surface area contributed by atoms with Gasteiger partial charge in [0, 0.05) is 35.6 Å². The van der Waals surface area contributed by atoms with Crippen molar-refractivity contribution in [2.45, 2.75) is 13.0 Å². The topological polar surface area (TPSA) is 90.0 Å². The molecule has 0 aliphatic carbocycles. The van der Waals surface area contributed by atoms with Gasteiger partial charge in [-0.05, 0) is 24.3 Å². The molecule has 0 atom stereocenters. The smallest absolute Gasteiger partial charge is 0.408 e. The van der Waals surface area contributed by atoms with Crippen LogP contribution >= 0.6 is 22.9 Å². The highest BCUT2D eigenvalue weighted by Crippen LogP contribution is 2.23. The van der Waals surface area contributed by atoms with Gasteiger partial charge in [-0.2, -0.15) is 0 Å². The third-order valence-corrected chi connectivity index (χ3v) is 4.86. The van der Waals surface area contributed by atoms with Crippen LogP contribution in [0.5, 0.6) is 0 Å². The number of nitrogens with one attached hydrogen (secondary N) is 1. The van der Waals surface area contributed by atoms with Gasteiger partial charge in [-0.15, -0.1) is 11.3 Å². The summed E-state index contributed by atoms with van der Waals surface area (Å²) in [6.45, 7) is 0.192. The summed E-state index contributed by atoms with van der Waals surface area (Å²) in [7, 11) is 0. The van der Waals surface area contributed by atoms with Gasteiger partial charge in [-0.3, -0.25) is 14.3 Å². The second kappa shape index (κ2) is 7.34. The molecule has 0 aliphatic rings. The monoisotopic (exact) mass is 400 g/mol. The molecule has 7 nitrogen and oxygen atoms in total. The summed E-state index contributed by atoms with van der Waals surface area (Å²) in [6.07, 6.45) is 1.79. The number of pyridine rings is 1. The number of halogens is 1. The molecule has 0 bridgehead atoms. The lowest BCUT2D eigenvalue weighted by atomic mass is 10.3. The van der Waals surface area contributed by atoms with E-state index in [1.807, 2.05) is 23.6 Å². The fourth-order valence-electron chi connectivity index (χ4n) is 2.61.